The molecule has 2 aromatic carbocycles. The SMILES string of the molecule is NS(=O)(=O)c1ccc(N/N=C2/CCNC(=O)c3[nH]c4ccc(F)cc4c32)cc1. The van der Waals surface area contributed by atoms with Crippen LogP contribution in [-0.4, -0.2) is 31.6 Å². The van der Waals surface area contributed by atoms with Crippen LogP contribution in [0, 0.1) is 5.82 Å². The molecule has 8 nitrogen and oxygen atoms in total. The number of nitrogens with two attached hydrogens (primary N) is 1. The summed E-state index contributed by atoms with van der Waals surface area (Å²) in [6.07, 6.45) is 0.435. The number of amides is 1. The number of rotatable bonds is 3. The topological polar surface area (TPSA) is 129 Å². The van der Waals surface area contributed by atoms with Crippen molar-refractivity contribution in [3.8, 4) is 0 Å². The Morgan fingerprint density at radius 3 is 2.61 bits per heavy atom. The maximum absolute atomic E-state index is 13.8. The van der Waals surface area contributed by atoms with E-state index in [-0.39, 0.29) is 10.8 Å². The van der Waals surface area contributed by atoms with Crippen LogP contribution in [0.25, 0.3) is 10.9 Å². The van der Waals surface area contributed by atoms with Crippen molar-refractivity contribution in [1.29, 1.82) is 0 Å². The normalized spacial score (nSPS) is 15.9. The van der Waals surface area contributed by atoms with Crippen molar-refractivity contribution in [3.63, 3.8) is 0 Å². The highest BCUT2D eigenvalue weighted by Crippen LogP contribution is 2.27. The first kappa shape index (κ1) is 18.1. The summed E-state index contributed by atoms with van der Waals surface area (Å²) in [5, 5.41) is 12.8. The van der Waals surface area contributed by atoms with Gasteiger partial charge in [0.25, 0.3) is 5.91 Å². The minimum atomic E-state index is -3.78. The van der Waals surface area contributed by atoms with Crippen LogP contribution < -0.4 is 15.9 Å². The molecule has 3 aromatic rings. The maximum atomic E-state index is 13.8. The molecule has 0 atom stereocenters. The smallest absolute Gasteiger partial charge is 0.268 e. The first-order valence-corrected chi connectivity index (χ1v) is 9.93. The van der Waals surface area contributed by atoms with Crippen molar-refractivity contribution in [3.05, 3.63) is 59.5 Å². The number of sulfonamides is 1. The van der Waals surface area contributed by atoms with E-state index in [1.165, 1.54) is 36.4 Å². The lowest BCUT2D eigenvalue weighted by Crippen LogP contribution is -2.23. The molecule has 0 bridgehead atoms. The predicted octanol–water partition coefficient (Wildman–Crippen LogP) is 1.90. The molecule has 0 unspecified atom stereocenters. The number of aromatic amines is 1. The fraction of sp³-hybridized carbons (Fsp3) is 0.111. The maximum Gasteiger partial charge on any atom is 0.268 e. The first-order valence-electron chi connectivity index (χ1n) is 8.38. The summed E-state index contributed by atoms with van der Waals surface area (Å²) in [4.78, 5) is 15.3. The van der Waals surface area contributed by atoms with Crippen LogP contribution in [-0.2, 0) is 10.0 Å². The molecule has 144 valence electrons. The lowest BCUT2D eigenvalue weighted by Gasteiger charge is -2.07. The van der Waals surface area contributed by atoms with E-state index in [0.717, 1.165) is 0 Å². The third-order valence-corrected chi connectivity index (χ3v) is 5.36. The van der Waals surface area contributed by atoms with Gasteiger partial charge in [-0.05, 0) is 42.5 Å². The second kappa shape index (κ2) is 6.73. The Kier molecular flexibility index (Phi) is 4.36. The average Bonchev–Trinajstić information content (AvgIpc) is 2.95. The summed E-state index contributed by atoms with van der Waals surface area (Å²) in [6, 6.07) is 10.0. The fourth-order valence-electron chi connectivity index (χ4n) is 3.10. The fourth-order valence-corrected chi connectivity index (χ4v) is 3.62. The number of nitrogens with one attached hydrogen (secondary N) is 3. The van der Waals surface area contributed by atoms with E-state index in [2.05, 4.69) is 20.8 Å². The van der Waals surface area contributed by atoms with E-state index < -0.39 is 15.8 Å². The zero-order valence-corrected chi connectivity index (χ0v) is 15.3. The minimum Gasteiger partial charge on any atom is -0.350 e. The third kappa shape index (κ3) is 3.35. The second-order valence-corrected chi connectivity index (χ2v) is 7.87. The number of halogens is 1. The Hall–Kier alpha value is -3.24. The summed E-state index contributed by atoms with van der Waals surface area (Å²) < 4.78 is 36.4. The molecule has 0 aliphatic carbocycles. The molecule has 1 aliphatic rings. The molecule has 1 aliphatic heterocycles. The number of aromatic nitrogens is 1. The van der Waals surface area contributed by atoms with E-state index in [1.54, 1.807) is 6.07 Å². The highest BCUT2D eigenvalue weighted by Gasteiger charge is 2.25. The molecule has 0 saturated heterocycles. The molecular weight excluding hydrogens is 385 g/mol. The number of hydrogen-bond donors (Lipinski definition) is 4. The Labute approximate surface area is 159 Å². The van der Waals surface area contributed by atoms with E-state index in [0.29, 0.717) is 46.5 Å². The molecule has 0 saturated carbocycles. The lowest BCUT2D eigenvalue weighted by molar-refractivity contribution is 0.0952. The van der Waals surface area contributed by atoms with Crippen LogP contribution in [0.15, 0.2) is 52.5 Å². The largest absolute Gasteiger partial charge is 0.350 e. The summed E-state index contributed by atoms with van der Waals surface area (Å²) >= 11 is 0. The lowest BCUT2D eigenvalue weighted by atomic mass is 10.0. The quantitative estimate of drug-likeness (QED) is 0.500. The van der Waals surface area contributed by atoms with Gasteiger partial charge in [-0.15, -0.1) is 0 Å². The van der Waals surface area contributed by atoms with E-state index >= 15 is 0 Å². The Balaban J connectivity index is 1.74. The summed E-state index contributed by atoms with van der Waals surface area (Å²) in [5.74, 6) is -0.695. The van der Waals surface area contributed by atoms with Gasteiger partial charge in [0, 0.05) is 29.4 Å². The molecule has 1 amide bonds. The van der Waals surface area contributed by atoms with Crippen LogP contribution in [0.1, 0.15) is 22.5 Å². The van der Waals surface area contributed by atoms with Gasteiger partial charge in [0.1, 0.15) is 11.5 Å². The van der Waals surface area contributed by atoms with Crippen molar-refractivity contribution in [1.82, 2.24) is 10.3 Å². The van der Waals surface area contributed by atoms with Crippen molar-refractivity contribution >= 4 is 38.2 Å². The molecule has 0 spiro atoms. The van der Waals surface area contributed by atoms with E-state index in [4.69, 9.17) is 5.14 Å². The van der Waals surface area contributed by atoms with Crippen LogP contribution in [0.2, 0.25) is 0 Å². The molecule has 1 aromatic heterocycles. The summed E-state index contributed by atoms with van der Waals surface area (Å²) in [5.41, 5.74) is 5.45. The van der Waals surface area contributed by atoms with Gasteiger partial charge in [0.15, 0.2) is 0 Å². The minimum absolute atomic E-state index is 0.00986. The molecule has 5 N–H and O–H groups in total. The van der Waals surface area contributed by atoms with Crippen molar-refractivity contribution in [2.45, 2.75) is 11.3 Å². The average molecular weight is 401 g/mol. The zero-order valence-electron chi connectivity index (χ0n) is 14.5. The van der Waals surface area contributed by atoms with E-state index in [1.807, 2.05) is 0 Å². The number of benzene rings is 2. The number of hydrazone groups is 1. The zero-order chi connectivity index (χ0) is 19.9. The monoisotopic (exact) mass is 401 g/mol. The van der Waals surface area contributed by atoms with Gasteiger partial charge in [-0.25, -0.2) is 17.9 Å². The van der Waals surface area contributed by atoms with Crippen molar-refractivity contribution in [2.24, 2.45) is 10.2 Å². The number of nitrogens with zero attached hydrogens (tertiary/aromatic N) is 1. The van der Waals surface area contributed by atoms with E-state index in [9.17, 15) is 17.6 Å². The van der Waals surface area contributed by atoms with Gasteiger partial charge in [-0.2, -0.15) is 5.10 Å². The number of hydrogen-bond acceptors (Lipinski definition) is 5. The molecule has 10 heteroatoms. The van der Waals surface area contributed by atoms with Gasteiger partial charge >= 0.3 is 0 Å². The molecule has 28 heavy (non-hydrogen) atoms. The number of primary sulfonamides is 1. The third-order valence-electron chi connectivity index (χ3n) is 4.43. The highest BCUT2D eigenvalue weighted by molar-refractivity contribution is 7.89. The van der Waals surface area contributed by atoms with Crippen LogP contribution in [0.5, 0.6) is 0 Å². The Morgan fingerprint density at radius 2 is 1.89 bits per heavy atom. The second-order valence-electron chi connectivity index (χ2n) is 6.31. The molecule has 0 fully saturated rings. The van der Waals surface area contributed by atoms with Gasteiger partial charge in [0.05, 0.1) is 16.3 Å². The Bertz CT molecular complexity index is 1220. The van der Waals surface area contributed by atoms with Crippen molar-refractivity contribution in [2.75, 3.05) is 12.0 Å². The van der Waals surface area contributed by atoms with Crippen molar-refractivity contribution < 1.29 is 17.6 Å². The first-order chi connectivity index (χ1) is 13.3. The number of H-pyrrole nitrogens is 1. The standard InChI is InChI=1S/C18H16FN5O3S/c19-10-1-6-14-13(9-10)16-15(7-8-21-18(25)17(16)22-14)24-23-11-2-4-12(5-3-11)28(20,26)27/h1-6,9,22-23H,7-8H2,(H,21,25)(H2,20,26,27)/b24-15-. The predicted molar refractivity (Wildman–Crippen MR) is 103 cm³/mol. The number of carbonyl (C=O) groups excluding carboxylic acids is 1. The van der Waals surface area contributed by atoms with Crippen LogP contribution in [0.4, 0.5) is 10.1 Å². The highest BCUT2D eigenvalue weighted by atomic mass is 32.2. The number of anilines is 1. The molecule has 4 rings (SSSR count). The van der Waals surface area contributed by atoms with Gasteiger partial charge in [0.2, 0.25) is 10.0 Å². The summed E-state index contributed by atoms with van der Waals surface area (Å²) in [6.45, 7) is 0.378. The molecule has 0 radical (unpaired) electrons. The van der Waals surface area contributed by atoms with Crippen LogP contribution >= 0.6 is 0 Å². The summed E-state index contributed by atoms with van der Waals surface area (Å²) in [7, 11) is -3.78. The van der Waals surface area contributed by atoms with Gasteiger partial charge < -0.3 is 10.3 Å². The molecular formula is C18H16FN5O3S. The number of fused-ring (bicyclic) bond motifs is 3. The van der Waals surface area contributed by atoms with Gasteiger partial charge in [-0.1, -0.05) is 0 Å². The number of carbonyl (C=O) groups is 1. The van der Waals surface area contributed by atoms with Crippen LogP contribution in [0.3, 0.4) is 0 Å². The van der Waals surface area contributed by atoms with Gasteiger partial charge in [-0.3, -0.25) is 10.2 Å². The molecule has 2 heterocycles. The Morgan fingerprint density at radius 1 is 1.14 bits per heavy atom.